The van der Waals surface area contributed by atoms with Crippen LogP contribution in [0, 0.1) is 0 Å². The summed E-state index contributed by atoms with van der Waals surface area (Å²) in [5.74, 6) is 0.119. The molecule has 1 rings (SSSR count). The lowest BCUT2D eigenvalue weighted by Gasteiger charge is -2.24. The molecule has 0 fully saturated rings. The van der Waals surface area contributed by atoms with Gasteiger partial charge in [-0.2, -0.15) is 0 Å². The van der Waals surface area contributed by atoms with Crippen molar-refractivity contribution in [2.24, 2.45) is 0 Å². The molecule has 1 aromatic carbocycles. The summed E-state index contributed by atoms with van der Waals surface area (Å²) in [5.41, 5.74) is -0.509. The Kier molecular flexibility index (Phi) is 3.42. The lowest BCUT2D eigenvalue weighted by molar-refractivity contribution is -0.142. The molecule has 0 radical (unpaired) electrons. The molecule has 1 aromatic rings. The Morgan fingerprint density at radius 2 is 1.62 bits per heavy atom. The summed E-state index contributed by atoms with van der Waals surface area (Å²) in [6.07, 6.45) is 0. The van der Waals surface area contributed by atoms with E-state index < -0.39 is 11.4 Å². The molecular formula is C12H16O4. The number of benzene rings is 1. The van der Waals surface area contributed by atoms with E-state index in [0.717, 1.165) is 0 Å². The summed E-state index contributed by atoms with van der Waals surface area (Å²) in [6.45, 7) is 3.24. The van der Waals surface area contributed by atoms with Crippen molar-refractivity contribution < 1.29 is 19.4 Å². The Hall–Kier alpha value is -1.71. The lowest BCUT2D eigenvalue weighted by Crippen LogP contribution is -2.29. The highest BCUT2D eigenvalue weighted by atomic mass is 16.5. The first-order chi connectivity index (χ1) is 7.45. The maximum absolute atomic E-state index is 11.2. The van der Waals surface area contributed by atoms with Crippen molar-refractivity contribution in [3.05, 3.63) is 23.8 Å². The molecule has 0 heterocycles. The molecular weight excluding hydrogens is 208 g/mol. The Bertz CT molecular complexity index is 374. The van der Waals surface area contributed by atoms with Gasteiger partial charge >= 0.3 is 5.97 Å². The molecule has 0 unspecified atom stereocenters. The highest BCUT2D eigenvalue weighted by Gasteiger charge is 2.35. The third-order valence-corrected chi connectivity index (χ3v) is 2.59. The molecule has 4 nitrogen and oxygen atoms in total. The number of hydrogen-bond acceptors (Lipinski definition) is 3. The summed E-state index contributed by atoms with van der Waals surface area (Å²) < 4.78 is 10.4. The summed E-state index contributed by atoms with van der Waals surface area (Å²) in [7, 11) is 3.02. The van der Waals surface area contributed by atoms with Gasteiger partial charge in [0.2, 0.25) is 0 Å². The SMILES string of the molecule is COc1cccc(OC)c1C(C)(C)C(=O)O. The van der Waals surface area contributed by atoms with Gasteiger partial charge in [-0.25, -0.2) is 0 Å². The van der Waals surface area contributed by atoms with Crippen molar-refractivity contribution >= 4 is 5.97 Å². The monoisotopic (exact) mass is 224 g/mol. The fourth-order valence-corrected chi connectivity index (χ4v) is 1.57. The van der Waals surface area contributed by atoms with Crippen LogP contribution in [0.4, 0.5) is 0 Å². The van der Waals surface area contributed by atoms with Crippen molar-refractivity contribution in [3.8, 4) is 11.5 Å². The molecule has 0 aliphatic rings. The van der Waals surface area contributed by atoms with Gasteiger partial charge in [0.05, 0.1) is 25.2 Å². The highest BCUT2D eigenvalue weighted by molar-refractivity contribution is 5.82. The molecule has 0 aliphatic carbocycles. The van der Waals surface area contributed by atoms with Crippen molar-refractivity contribution in [1.82, 2.24) is 0 Å². The third kappa shape index (κ3) is 1.96. The van der Waals surface area contributed by atoms with E-state index in [4.69, 9.17) is 9.47 Å². The average Bonchev–Trinajstić information content (AvgIpc) is 2.27. The molecule has 0 aliphatic heterocycles. The van der Waals surface area contributed by atoms with Crippen LogP contribution in [0.5, 0.6) is 11.5 Å². The van der Waals surface area contributed by atoms with Gasteiger partial charge in [0.25, 0.3) is 0 Å². The number of aliphatic carboxylic acids is 1. The van der Waals surface area contributed by atoms with Gasteiger partial charge in [-0.15, -0.1) is 0 Å². The first-order valence-corrected chi connectivity index (χ1v) is 4.90. The fraction of sp³-hybridized carbons (Fsp3) is 0.417. The third-order valence-electron chi connectivity index (χ3n) is 2.59. The smallest absolute Gasteiger partial charge is 0.313 e. The topological polar surface area (TPSA) is 55.8 Å². The number of ether oxygens (including phenoxy) is 2. The average molecular weight is 224 g/mol. The molecule has 0 atom stereocenters. The van der Waals surface area contributed by atoms with Gasteiger partial charge in [-0.3, -0.25) is 4.79 Å². The maximum atomic E-state index is 11.2. The Balaban J connectivity index is 3.45. The number of carboxylic acid groups (broad SMARTS) is 1. The lowest BCUT2D eigenvalue weighted by atomic mass is 9.83. The largest absolute Gasteiger partial charge is 0.496 e. The van der Waals surface area contributed by atoms with Crippen molar-refractivity contribution in [3.63, 3.8) is 0 Å². The van der Waals surface area contributed by atoms with E-state index in [1.54, 1.807) is 32.0 Å². The summed E-state index contributed by atoms with van der Waals surface area (Å²) in [4.78, 5) is 11.2. The van der Waals surface area contributed by atoms with Gasteiger partial charge in [0, 0.05) is 0 Å². The molecule has 0 spiro atoms. The first kappa shape index (κ1) is 12.4. The molecule has 4 heteroatoms. The molecule has 0 saturated carbocycles. The van der Waals surface area contributed by atoms with Crippen molar-refractivity contribution in [2.45, 2.75) is 19.3 Å². The normalized spacial score (nSPS) is 11.0. The number of methoxy groups -OCH3 is 2. The predicted octanol–water partition coefficient (Wildman–Crippen LogP) is 2.07. The number of hydrogen-bond donors (Lipinski definition) is 1. The van der Waals surface area contributed by atoms with E-state index in [0.29, 0.717) is 17.1 Å². The zero-order valence-corrected chi connectivity index (χ0v) is 9.90. The standard InChI is InChI=1S/C12H16O4/c1-12(2,11(13)14)10-8(15-3)6-5-7-9(10)16-4/h5-7H,1-4H3,(H,13,14). The Morgan fingerprint density at radius 1 is 1.19 bits per heavy atom. The van der Waals surface area contributed by atoms with Crippen LogP contribution in [-0.4, -0.2) is 25.3 Å². The summed E-state index contributed by atoms with van der Waals surface area (Å²) >= 11 is 0. The van der Waals surface area contributed by atoms with Gasteiger partial charge in [-0.05, 0) is 26.0 Å². The number of rotatable bonds is 4. The second-order valence-electron chi connectivity index (χ2n) is 3.97. The van der Waals surface area contributed by atoms with Crippen molar-refractivity contribution in [1.29, 1.82) is 0 Å². The quantitative estimate of drug-likeness (QED) is 0.850. The van der Waals surface area contributed by atoms with Crippen LogP contribution in [0.2, 0.25) is 0 Å². The van der Waals surface area contributed by atoms with E-state index in [2.05, 4.69) is 0 Å². The molecule has 0 aromatic heterocycles. The molecule has 16 heavy (non-hydrogen) atoms. The zero-order chi connectivity index (χ0) is 12.3. The second-order valence-corrected chi connectivity index (χ2v) is 3.97. The molecule has 1 N–H and O–H groups in total. The zero-order valence-electron chi connectivity index (χ0n) is 9.90. The molecule has 0 bridgehead atoms. The van der Waals surface area contributed by atoms with Crippen LogP contribution in [-0.2, 0) is 10.2 Å². The van der Waals surface area contributed by atoms with Crippen LogP contribution < -0.4 is 9.47 Å². The van der Waals surface area contributed by atoms with Gasteiger partial charge in [0.15, 0.2) is 0 Å². The molecule has 0 amide bonds. The Labute approximate surface area is 94.8 Å². The van der Waals surface area contributed by atoms with E-state index in [1.807, 2.05) is 0 Å². The fourth-order valence-electron chi connectivity index (χ4n) is 1.57. The maximum Gasteiger partial charge on any atom is 0.313 e. The van der Waals surface area contributed by atoms with E-state index in [-0.39, 0.29) is 0 Å². The molecule has 0 saturated heterocycles. The van der Waals surface area contributed by atoms with Crippen LogP contribution in [0.3, 0.4) is 0 Å². The predicted molar refractivity (Wildman–Crippen MR) is 60.2 cm³/mol. The number of carbonyl (C=O) groups is 1. The Morgan fingerprint density at radius 3 is 1.94 bits per heavy atom. The van der Waals surface area contributed by atoms with Crippen molar-refractivity contribution in [2.75, 3.05) is 14.2 Å². The van der Waals surface area contributed by atoms with Crippen LogP contribution in [0.1, 0.15) is 19.4 Å². The van der Waals surface area contributed by atoms with Gasteiger partial charge < -0.3 is 14.6 Å². The minimum Gasteiger partial charge on any atom is -0.496 e. The van der Waals surface area contributed by atoms with Crippen LogP contribution in [0.25, 0.3) is 0 Å². The minimum atomic E-state index is -1.06. The van der Waals surface area contributed by atoms with E-state index in [1.165, 1.54) is 14.2 Å². The first-order valence-electron chi connectivity index (χ1n) is 4.90. The molecule has 88 valence electrons. The second kappa shape index (κ2) is 4.43. The summed E-state index contributed by atoms with van der Waals surface area (Å²) in [5, 5.41) is 9.22. The minimum absolute atomic E-state index is 0.520. The van der Waals surface area contributed by atoms with Gasteiger partial charge in [0.1, 0.15) is 11.5 Å². The van der Waals surface area contributed by atoms with Gasteiger partial charge in [-0.1, -0.05) is 6.07 Å². The van der Waals surface area contributed by atoms with E-state index >= 15 is 0 Å². The van der Waals surface area contributed by atoms with Crippen LogP contribution >= 0.6 is 0 Å². The van der Waals surface area contributed by atoms with E-state index in [9.17, 15) is 9.90 Å². The van der Waals surface area contributed by atoms with Crippen LogP contribution in [0.15, 0.2) is 18.2 Å². The number of carboxylic acids is 1. The summed E-state index contributed by atoms with van der Waals surface area (Å²) in [6, 6.07) is 5.21. The highest BCUT2D eigenvalue weighted by Crippen LogP contribution is 2.38.